The van der Waals surface area contributed by atoms with Crippen molar-refractivity contribution >= 4 is 11.6 Å². The Hall–Kier alpha value is -0.640. The van der Waals surface area contributed by atoms with Crippen LogP contribution >= 0.6 is 11.6 Å². The van der Waals surface area contributed by atoms with Crippen molar-refractivity contribution in [2.45, 2.75) is 31.8 Å². The van der Waals surface area contributed by atoms with E-state index in [4.69, 9.17) is 16.3 Å². The first-order valence-corrected chi connectivity index (χ1v) is 6.09. The van der Waals surface area contributed by atoms with Crippen molar-refractivity contribution in [1.29, 1.82) is 0 Å². The topological polar surface area (TPSA) is 34.1 Å². The lowest BCUT2D eigenvalue weighted by Gasteiger charge is -2.27. The molecule has 1 atom stereocenters. The van der Waals surface area contributed by atoms with Crippen molar-refractivity contribution in [2.24, 2.45) is 0 Å². The van der Waals surface area contributed by atoms with E-state index in [1.807, 2.05) is 12.1 Å². The molecular weight excluding hydrogens is 224 g/mol. The van der Waals surface area contributed by atoms with Crippen molar-refractivity contribution < 1.29 is 4.74 Å². The van der Waals surface area contributed by atoms with Gasteiger partial charge < -0.3 is 10.1 Å². The van der Waals surface area contributed by atoms with Crippen molar-refractivity contribution in [2.75, 3.05) is 13.2 Å². The zero-order chi connectivity index (χ0) is 11.4. The van der Waals surface area contributed by atoms with E-state index in [0.717, 1.165) is 26.1 Å². The van der Waals surface area contributed by atoms with E-state index in [1.54, 1.807) is 6.20 Å². The molecule has 0 radical (unpaired) electrons. The number of aromatic nitrogens is 1. The van der Waals surface area contributed by atoms with Crippen LogP contribution in [-0.2, 0) is 4.74 Å². The van der Waals surface area contributed by atoms with Crippen molar-refractivity contribution in [3.8, 4) is 0 Å². The number of halogens is 1. The fraction of sp³-hybridized carbons (Fsp3) is 0.583. The predicted octanol–water partition coefficient (Wildman–Crippen LogP) is 2.56. The highest BCUT2D eigenvalue weighted by Gasteiger charge is 2.16. The van der Waals surface area contributed by atoms with Crippen LogP contribution < -0.4 is 5.32 Å². The molecule has 0 aromatic carbocycles. The van der Waals surface area contributed by atoms with E-state index < -0.39 is 0 Å². The molecule has 1 aromatic rings. The summed E-state index contributed by atoms with van der Waals surface area (Å²) in [5.41, 5.74) is 1.19. The predicted molar refractivity (Wildman–Crippen MR) is 64.6 cm³/mol. The monoisotopic (exact) mass is 240 g/mol. The van der Waals surface area contributed by atoms with Gasteiger partial charge in [0.15, 0.2) is 0 Å². The molecule has 0 aliphatic carbocycles. The largest absolute Gasteiger partial charge is 0.381 e. The number of hydrogen-bond donors (Lipinski definition) is 1. The van der Waals surface area contributed by atoms with Gasteiger partial charge in [0.1, 0.15) is 5.15 Å². The first-order valence-electron chi connectivity index (χ1n) is 5.71. The molecule has 3 nitrogen and oxygen atoms in total. The average Bonchev–Trinajstić information content (AvgIpc) is 2.30. The van der Waals surface area contributed by atoms with Crippen LogP contribution in [0.3, 0.4) is 0 Å². The second kappa shape index (κ2) is 5.62. The number of nitrogens with zero attached hydrogens (tertiary/aromatic N) is 1. The van der Waals surface area contributed by atoms with Gasteiger partial charge in [0.05, 0.1) is 0 Å². The summed E-state index contributed by atoms with van der Waals surface area (Å²) in [6.07, 6.45) is 3.92. The van der Waals surface area contributed by atoms with Gasteiger partial charge in [-0.25, -0.2) is 4.98 Å². The third-order valence-electron chi connectivity index (χ3n) is 2.96. The molecule has 1 fully saturated rings. The van der Waals surface area contributed by atoms with Crippen LogP contribution in [0.5, 0.6) is 0 Å². The molecule has 0 saturated carbocycles. The van der Waals surface area contributed by atoms with Gasteiger partial charge in [-0.1, -0.05) is 11.6 Å². The summed E-state index contributed by atoms with van der Waals surface area (Å²) in [4.78, 5) is 3.99. The molecule has 1 N–H and O–H groups in total. The van der Waals surface area contributed by atoms with Gasteiger partial charge in [-0.3, -0.25) is 0 Å². The summed E-state index contributed by atoms with van der Waals surface area (Å²) in [7, 11) is 0. The van der Waals surface area contributed by atoms with Crippen LogP contribution in [-0.4, -0.2) is 24.2 Å². The van der Waals surface area contributed by atoms with Crippen LogP contribution in [0, 0.1) is 0 Å². The summed E-state index contributed by atoms with van der Waals surface area (Å²) in [6, 6.07) is 4.78. The average molecular weight is 241 g/mol. The maximum absolute atomic E-state index is 5.87. The Morgan fingerprint density at radius 1 is 1.50 bits per heavy atom. The van der Waals surface area contributed by atoms with Crippen LogP contribution in [0.2, 0.25) is 5.15 Å². The Balaban J connectivity index is 1.94. The van der Waals surface area contributed by atoms with Gasteiger partial charge >= 0.3 is 0 Å². The van der Waals surface area contributed by atoms with Gasteiger partial charge in [0, 0.05) is 31.5 Å². The minimum atomic E-state index is 0.309. The number of hydrogen-bond acceptors (Lipinski definition) is 3. The molecule has 1 aromatic heterocycles. The second-order valence-corrected chi connectivity index (χ2v) is 4.57. The standard InChI is InChI=1S/C12H17ClN2O/c1-9(10-2-5-14-12(13)8-10)15-11-3-6-16-7-4-11/h2,5,8-9,11,15H,3-4,6-7H2,1H3. The molecule has 1 saturated heterocycles. The molecule has 2 rings (SSSR count). The Labute approximate surface area is 101 Å². The third kappa shape index (κ3) is 3.17. The van der Waals surface area contributed by atoms with Crippen molar-refractivity contribution in [3.63, 3.8) is 0 Å². The molecule has 16 heavy (non-hydrogen) atoms. The Kier molecular flexibility index (Phi) is 4.16. The number of ether oxygens (including phenoxy) is 1. The molecule has 0 amide bonds. The lowest BCUT2D eigenvalue weighted by molar-refractivity contribution is 0.0754. The van der Waals surface area contributed by atoms with Gasteiger partial charge in [0.2, 0.25) is 0 Å². The summed E-state index contributed by atoms with van der Waals surface area (Å²) in [5, 5.41) is 4.15. The lowest BCUT2D eigenvalue weighted by atomic mass is 10.1. The molecule has 0 spiro atoms. The summed E-state index contributed by atoms with van der Waals surface area (Å²) >= 11 is 5.87. The Morgan fingerprint density at radius 2 is 2.25 bits per heavy atom. The van der Waals surface area contributed by atoms with Crippen molar-refractivity contribution in [3.05, 3.63) is 29.0 Å². The van der Waals surface area contributed by atoms with Crippen LogP contribution in [0.1, 0.15) is 31.4 Å². The van der Waals surface area contributed by atoms with Crippen LogP contribution in [0.25, 0.3) is 0 Å². The van der Waals surface area contributed by atoms with E-state index in [0.29, 0.717) is 17.2 Å². The normalized spacial score (nSPS) is 19.6. The second-order valence-electron chi connectivity index (χ2n) is 4.19. The maximum Gasteiger partial charge on any atom is 0.129 e. The van der Waals surface area contributed by atoms with Crippen LogP contribution in [0.4, 0.5) is 0 Å². The van der Waals surface area contributed by atoms with Gasteiger partial charge in [0.25, 0.3) is 0 Å². The summed E-state index contributed by atoms with van der Waals surface area (Å²) < 4.78 is 5.33. The fourth-order valence-corrected chi connectivity index (χ4v) is 2.18. The van der Waals surface area contributed by atoms with E-state index in [2.05, 4.69) is 17.2 Å². The maximum atomic E-state index is 5.87. The van der Waals surface area contributed by atoms with Gasteiger partial charge in [-0.05, 0) is 37.5 Å². The molecule has 2 heterocycles. The zero-order valence-electron chi connectivity index (χ0n) is 9.45. The Morgan fingerprint density at radius 3 is 2.94 bits per heavy atom. The molecule has 1 aliphatic heterocycles. The first kappa shape index (κ1) is 11.8. The number of rotatable bonds is 3. The third-order valence-corrected chi connectivity index (χ3v) is 3.16. The smallest absolute Gasteiger partial charge is 0.129 e. The van der Waals surface area contributed by atoms with E-state index in [9.17, 15) is 0 Å². The number of pyridine rings is 1. The van der Waals surface area contributed by atoms with E-state index in [1.165, 1.54) is 5.56 Å². The quantitative estimate of drug-likeness (QED) is 0.825. The lowest BCUT2D eigenvalue weighted by Crippen LogP contribution is -2.36. The molecule has 0 bridgehead atoms. The number of nitrogens with one attached hydrogen (secondary N) is 1. The summed E-state index contributed by atoms with van der Waals surface area (Å²) in [6.45, 7) is 3.88. The Bertz CT molecular complexity index is 340. The molecule has 4 heteroatoms. The minimum absolute atomic E-state index is 0.309. The first-order chi connectivity index (χ1) is 7.75. The SMILES string of the molecule is CC(NC1CCOCC1)c1ccnc(Cl)c1. The van der Waals surface area contributed by atoms with Crippen molar-refractivity contribution in [1.82, 2.24) is 10.3 Å². The van der Waals surface area contributed by atoms with E-state index in [-0.39, 0.29) is 0 Å². The highest BCUT2D eigenvalue weighted by Crippen LogP contribution is 2.18. The fourth-order valence-electron chi connectivity index (χ4n) is 2.00. The molecule has 88 valence electrons. The van der Waals surface area contributed by atoms with Gasteiger partial charge in [-0.15, -0.1) is 0 Å². The minimum Gasteiger partial charge on any atom is -0.381 e. The molecular formula is C12H17ClN2O. The van der Waals surface area contributed by atoms with Crippen LogP contribution in [0.15, 0.2) is 18.3 Å². The zero-order valence-corrected chi connectivity index (χ0v) is 10.2. The van der Waals surface area contributed by atoms with Gasteiger partial charge in [-0.2, -0.15) is 0 Å². The molecule has 1 aliphatic rings. The highest BCUT2D eigenvalue weighted by molar-refractivity contribution is 6.29. The molecule has 1 unspecified atom stereocenters. The highest BCUT2D eigenvalue weighted by atomic mass is 35.5. The van der Waals surface area contributed by atoms with E-state index >= 15 is 0 Å². The summed E-state index contributed by atoms with van der Waals surface area (Å²) in [5.74, 6) is 0.